The van der Waals surface area contributed by atoms with Crippen molar-refractivity contribution in [2.24, 2.45) is 5.92 Å². The number of hydrogen-bond acceptors (Lipinski definition) is 4. The SMILES string of the molecule is CCOC(=O)c1cnn(-c2ccccc2)c1NC(=O)C1CC1c1ccccc1. The fourth-order valence-electron chi connectivity index (χ4n) is 3.35. The Kier molecular flexibility index (Phi) is 4.93. The van der Waals surface area contributed by atoms with E-state index in [1.807, 2.05) is 60.7 Å². The van der Waals surface area contributed by atoms with Crippen LogP contribution >= 0.6 is 0 Å². The zero-order chi connectivity index (χ0) is 19.5. The molecule has 1 fully saturated rings. The summed E-state index contributed by atoms with van der Waals surface area (Å²) in [4.78, 5) is 25.2. The molecule has 3 aromatic rings. The van der Waals surface area contributed by atoms with Gasteiger partial charge in [0.25, 0.3) is 0 Å². The summed E-state index contributed by atoms with van der Waals surface area (Å²) >= 11 is 0. The number of aromatic nitrogens is 2. The summed E-state index contributed by atoms with van der Waals surface area (Å²) in [7, 11) is 0. The van der Waals surface area contributed by atoms with Crippen LogP contribution in [-0.2, 0) is 9.53 Å². The van der Waals surface area contributed by atoms with Crippen LogP contribution in [0, 0.1) is 5.92 Å². The molecular weight excluding hydrogens is 354 g/mol. The molecular formula is C22H21N3O3. The van der Waals surface area contributed by atoms with E-state index in [1.165, 1.54) is 6.20 Å². The van der Waals surface area contributed by atoms with E-state index in [-0.39, 0.29) is 29.9 Å². The molecule has 2 unspecified atom stereocenters. The number of rotatable bonds is 6. The van der Waals surface area contributed by atoms with Crippen molar-refractivity contribution in [3.05, 3.63) is 78.0 Å². The number of anilines is 1. The second kappa shape index (κ2) is 7.68. The Hall–Kier alpha value is -3.41. The number of benzene rings is 2. The molecule has 1 saturated carbocycles. The summed E-state index contributed by atoms with van der Waals surface area (Å²) < 4.78 is 6.68. The first-order valence-electron chi connectivity index (χ1n) is 9.35. The molecule has 1 aromatic heterocycles. The molecule has 0 bridgehead atoms. The van der Waals surface area contributed by atoms with Gasteiger partial charge < -0.3 is 10.1 Å². The number of nitrogens with one attached hydrogen (secondary N) is 1. The number of ether oxygens (including phenoxy) is 1. The van der Waals surface area contributed by atoms with Crippen molar-refractivity contribution in [1.29, 1.82) is 0 Å². The average molecular weight is 375 g/mol. The lowest BCUT2D eigenvalue weighted by Gasteiger charge is -2.11. The second-order valence-electron chi connectivity index (χ2n) is 6.72. The van der Waals surface area contributed by atoms with Crippen LogP contribution in [0.1, 0.15) is 35.2 Å². The standard InChI is InChI=1S/C22H21N3O3/c1-2-28-22(27)19-14-23-25(16-11-7-4-8-12-16)20(19)24-21(26)18-13-17(18)15-9-5-3-6-10-15/h3-12,14,17-18H,2,13H2,1H3,(H,24,26). The highest BCUT2D eigenvalue weighted by Crippen LogP contribution is 2.48. The molecule has 0 saturated heterocycles. The maximum atomic E-state index is 12.9. The van der Waals surface area contributed by atoms with Crippen LogP contribution in [0.2, 0.25) is 0 Å². The zero-order valence-corrected chi connectivity index (χ0v) is 15.5. The van der Waals surface area contributed by atoms with E-state index in [4.69, 9.17) is 4.74 Å². The quantitative estimate of drug-likeness (QED) is 0.665. The molecule has 142 valence electrons. The van der Waals surface area contributed by atoms with Gasteiger partial charge in [0.05, 0.1) is 18.5 Å². The molecule has 2 aromatic carbocycles. The number of para-hydroxylation sites is 1. The minimum atomic E-state index is -0.504. The summed E-state index contributed by atoms with van der Waals surface area (Å²) in [6.07, 6.45) is 2.23. The molecule has 1 amide bonds. The largest absolute Gasteiger partial charge is 0.462 e. The van der Waals surface area contributed by atoms with Crippen LogP contribution in [0.5, 0.6) is 0 Å². The molecule has 2 atom stereocenters. The highest BCUT2D eigenvalue weighted by atomic mass is 16.5. The third kappa shape index (κ3) is 3.53. The molecule has 0 radical (unpaired) electrons. The number of carbonyl (C=O) groups excluding carboxylic acids is 2. The first-order valence-corrected chi connectivity index (χ1v) is 9.35. The smallest absolute Gasteiger partial charge is 0.343 e. The number of esters is 1. The van der Waals surface area contributed by atoms with Gasteiger partial charge in [-0.2, -0.15) is 5.10 Å². The molecule has 6 nitrogen and oxygen atoms in total. The molecule has 1 heterocycles. The fraction of sp³-hybridized carbons (Fsp3) is 0.227. The zero-order valence-electron chi connectivity index (χ0n) is 15.5. The molecule has 4 rings (SSSR count). The topological polar surface area (TPSA) is 73.2 Å². The van der Waals surface area contributed by atoms with E-state index in [1.54, 1.807) is 11.6 Å². The van der Waals surface area contributed by atoms with Crippen molar-refractivity contribution < 1.29 is 14.3 Å². The van der Waals surface area contributed by atoms with Gasteiger partial charge in [0.1, 0.15) is 5.56 Å². The van der Waals surface area contributed by atoms with Crippen molar-refractivity contribution in [2.75, 3.05) is 11.9 Å². The predicted octanol–water partition coefficient (Wildman–Crippen LogP) is 3.79. The van der Waals surface area contributed by atoms with Crippen molar-refractivity contribution in [1.82, 2.24) is 9.78 Å². The van der Waals surface area contributed by atoms with Crippen LogP contribution in [0.4, 0.5) is 5.82 Å². The Morgan fingerprint density at radius 1 is 1.11 bits per heavy atom. The first-order chi connectivity index (χ1) is 13.7. The Morgan fingerprint density at radius 3 is 2.46 bits per heavy atom. The maximum absolute atomic E-state index is 12.9. The van der Waals surface area contributed by atoms with Crippen LogP contribution in [-0.4, -0.2) is 28.3 Å². The third-order valence-electron chi connectivity index (χ3n) is 4.86. The van der Waals surface area contributed by atoms with Crippen LogP contribution < -0.4 is 5.32 Å². The highest BCUT2D eigenvalue weighted by Gasteiger charge is 2.44. The first kappa shape index (κ1) is 18.0. The number of carbonyl (C=O) groups is 2. The lowest BCUT2D eigenvalue weighted by Crippen LogP contribution is -2.20. The Morgan fingerprint density at radius 2 is 1.79 bits per heavy atom. The number of amides is 1. The maximum Gasteiger partial charge on any atom is 0.343 e. The Bertz CT molecular complexity index is 983. The van der Waals surface area contributed by atoms with Crippen molar-refractivity contribution in [3.63, 3.8) is 0 Å². The summed E-state index contributed by atoms with van der Waals surface area (Å²) in [5, 5.41) is 7.22. The van der Waals surface area contributed by atoms with Crippen molar-refractivity contribution in [2.45, 2.75) is 19.3 Å². The summed E-state index contributed by atoms with van der Waals surface area (Å²) in [5.41, 5.74) is 2.16. The van der Waals surface area contributed by atoms with E-state index < -0.39 is 5.97 Å². The molecule has 0 aliphatic heterocycles. The van der Waals surface area contributed by atoms with E-state index in [0.717, 1.165) is 17.7 Å². The normalized spacial score (nSPS) is 17.8. The van der Waals surface area contributed by atoms with Gasteiger partial charge in [0, 0.05) is 5.92 Å². The van der Waals surface area contributed by atoms with Gasteiger partial charge in [0.15, 0.2) is 5.82 Å². The van der Waals surface area contributed by atoms with Gasteiger partial charge in [0.2, 0.25) is 5.91 Å². The molecule has 1 aliphatic carbocycles. The van der Waals surface area contributed by atoms with Gasteiger partial charge in [-0.05, 0) is 37.0 Å². The minimum absolute atomic E-state index is 0.114. The van der Waals surface area contributed by atoms with E-state index in [2.05, 4.69) is 10.4 Å². The third-order valence-corrected chi connectivity index (χ3v) is 4.86. The highest BCUT2D eigenvalue weighted by molar-refractivity contribution is 6.02. The van der Waals surface area contributed by atoms with Gasteiger partial charge >= 0.3 is 5.97 Å². The van der Waals surface area contributed by atoms with Gasteiger partial charge in [-0.3, -0.25) is 4.79 Å². The molecule has 6 heteroatoms. The molecule has 1 N–H and O–H groups in total. The van der Waals surface area contributed by atoms with Crippen LogP contribution in [0.25, 0.3) is 5.69 Å². The van der Waals surface area contributed by atoms with E-state index in [0.29, 0.717) is 5.82 Å². The van der Waals surface area contributed by atoms with Crippen molar-refractivity contribution >= 4 is 17.7 Å². The summed E-state index contributed by atoms with van der Waals surface area (Å²) in [5.74, 6) is -0.183. The predicted molar refractivity (Wildman–Crippen MR) is 105 cm³/mol. The summed E-state index contributed by atoms with van der Waals surface area (Å²) in [6, 6.07) is 19.4. The second-order valence-corrected chi connectivity index (χ2v) is 6.72. The molecule has 0 spiro atoms. The van der Waals surface area contributed by atoms with Gasteiger partial charge in [-0.25, -0.2) is 9.48 Å². The van der Waals surface area contributed by atoms with Gasteiger partial charge in [-0.1, -0.05) is 48.5 Å². The Balaban J connectivity index is 1.60. The molecule has 1 aliphatic rings. The monoisotopic (exact) mass is 375 g/mol. The summed E-state index contributed by atoms with van der Waals surface area (Å²) in [6.45, 7) is 1.99. The van der Waals surface area contributed by atoms with Crippen molar-refractivity contribution in [3.8, 4) is 5.69 Å². The van der Waals surface area contributed by atoms with Crippen LogP contribution in [0.3, 0.4) is 0 Å². The van der Waals surface area contributed by atoms with Crippen LogP contribution in [0.15, 0.2) is 66.9 Å². The number of nitrogens with zero attached hydrogens (tertiary/aromatic N) is 2. The minimum Gasteiger partial charge on any atom is -0.462 e. The van der Waals surface area contributed by atoms with Gasteiger partial charge in [-0.15, -0.1) is 0 Å². The average Bonchev–Trinajstić information content (AvgIpc) is 3.43. The lowest BCUT2D eigenvalue weighted by atomic mass is 10.1. The fourth-order valence-corrected chi connectivity index (χ4v) is 3.35. The Labute approximate surface area is 163 Å². The lowest BCUT2D eigenvalue weighted by molar-refractivity contribution is -0.117. The van der Waals surface area contributed by atoms with E-state index in [9.17, 15) is 9.59 Å². The molecule has 28 heavy (non-hydrogen) atoms. The number of hydrogen-bond donors (Lipinski definition) is 1. The van der Waals surface area contributed by atoms with E-state index >= 15 is 0 Å².